The molecule has 0 bridgehead atoms. The number of ether oxygens (including phenoxy) is 1. The summed E-state index contributed by atoms with van der Waals surface area (Å²) in [6.45, 7) is 2.02. The van der Waals surface area contributed by atoms with Crippen LogP contribution in [-0.2, 0) is 19.6 Å². The first kappa shape index (κ1) is 16.5. The van der Waals surface area contributed by atoms with Crippen molar-refractivity contribution in [3.05, 3.63) is 60.2 Å². The average molecular weight is 316 g/mol. The molecule has 0 amide bonds. The molecular weight excluding hydrogens is 300 g/mol. The SMILES string of the molecule is CCCOC(=O)OOOC(=O)c1ccc(-c2ccccc2)cc1. The Labute approximate surface area is 133 Å². The van der Waals surface area contributed by atoms with E-state index in [2.05, 4.69) is 19.6 Å². The van der Waals surface area contributed by atoms with Crippen molar-refractivity contribution in [2.24, 2.45) is 0 Å². The molecule has 0 spiro atoms. The zero-order chi connectivity index (χ0) is 16.5. The lowest BCUT2D eigenvalue weighted by Crippen LogP contribution is -2.12. The molecule has 6 nitrogen and oxygen atoms in total. The molecule has 0 saturated heterocycles. The van der Waals surface area contributed by atoms with E-state index in [-0.39, 0.29) is 12.2 Å². The van der Waals surface area contributed by atoms with E-state index in [0.717, 1.165) is 11.1 Å². The molecule has 0 unspecified atom stereocenters. The number of benzene rings is 2. The van der Waals surface area contributed by atoms with Gasteiger partial charge in [-0.15, -0.1) is 0 Å². The smallest absolute Gasteiger partial charge is 0.432 e. The van der Waals surface area contributed by atoms with Gasteiger partial charge in [0.2, 0.25) is 0 Å². The molecular formula is C17H16O6. The van der Waals surface area contributed by atoms with Crippen molar-refractivity contribution in [3.63, 3.8) is 0 Å². The summed E-state index contributed by atoms with van der Waals surface area (Å²) >= 11 is 0. The fourth-order valence-electron chi connectivity index (χ4n) is 1.76. The first-order valence-electron chi connectivity index (χ1n) is 7.08. The molecule has 0 aliphatic rings. The van der Waals surface area contributed by atoms with Crippen molar-refractivity contribution in [2.75, 3.05) is 6.61 Å². The van der Waals surface area contributed by atoms with Crippen molar-refractivity contribution in [2.45, 2.75) is 13.3 Å². The van der Waals surface area contributed by atoms with Crippen molar-refractivity contribution in [1.29, 1.82) is 0 Å². The minimum absolute atomic E-state index is 0.192. The third-order valence-corrected chi connectivity index (χ3v) is 2.86. The molecule has 0 aliphatic heterocycles. The van der Waals surface area contributed by atoms with E-state index in [9.17, 15) is 9.59 Å². The van der Waals surface area contributed by atoms with Gasteiger partial charge in [0.1, 0.15) is 0 Å². The molecule has 2 rings (SSSR count). The van der Waals surface area contributed by atoms with Crippen LogP contribution >= 0.6 is 0 Å². The quantitative estimate of drug-likeness (QED) is 0.457. The molecule has 0 atom stereocenters. The van der Waals surface area contributed by atoms with Crippen LogP contribution in [0, 0.1) is 0 Å². The van der Waals surface area contributed by atoms with Crippen LogP contribution in [0.1, 0.15) is 23.7 Å². The topological polar surface area (TPSA) is 71.1 Å². The zero-order valence-electron chi connectivity index (χ0n) is 12.6. The highest BCUT2D eigenvalue weighted by Crippen LogP contribution is 2.19. The highest BCUT2D eigenvalue weighted by Gasteiger charge is 2.12. The summed E-state index contributed by atoms with van der Waals surface area (Å²) < 4.78 is 4.57. The van der Waals surface area contributed by atoms with Crippen molar-refractivity contribution in [1.82, 2.24) is 0 Å². The number of carbonyl (C=O) groups excluding carboxylic acids is 2. The van der Waals surface area contributed by atoms with Crippen LogP contribution < -0.4 is 0 Å². The molecule has 0 fully saturated rings. The van der Waals surface area contributed by atoms with Gasteiger partial charge in [-0.05, 0) is 29.7 Å². The van der Waals surface area contributed by atoms with Crippen LogP contribution in [0.5, 0.6) is 0 Å². The first-order valence-corrected chi connectivity index (χ1v) is 7.08. The van der Waals surface area contributed by atoms with Gasteiger partial charge in [-0.2, -0.15) is 0 Å². The Bertz CT molecular complexity index is 636. The maximum Gasteiger partial charge on any atom is 0.543 e. The van der Waals surface area contributed by atoms with Gasteiger partial charge >= 0.3 is 12.1 Å². The van der Waals surface area contributed by atoms with Crippen molar-refractivity contribution >= 4 is 12.1 Å². The summed E-state index contributed by atoms with van der Waals surface area (Å²) in [6, 6.07) is 16.5. The molecule has 2 aromatic rings. The van der Waals surface area contributed by atoms with E-state index < -0.39 is 12.1 Å². The highest BCUT2D eigenvalue weighted by molar-refractivity contribution is 5.89. The van der Waals surface area contributed by atoms with E-state index in [1.807, 2.05) is 37.3 Å². The summed E-state index contributed by atoms with van der Waals surface area (Å²) in [5, 5.41) is 4.10. The van der Waals surface area contributed by atoms with E-state index >= 15 is 0 Å². The number of rotatable bonds is 6. The third kappa shape index (κ3) is 5.12. The van der Waals surface area contributed by atoms with Gasteiger partial charge in [0, 0.05) is 0 Å². The Balaban J connectivity index is 1.85. The highest BCUT2D eigenvalue weighted by atomic mass is 17.5. The molecule has 23 heavy (non-hydrogen) atoms. The van der Waals surface area contributed by atoms with Gasteiger partial charge in [0.05, 0.1) is 17.2 Å². The molecule has 0 N–H and O–H groups in total. The monoisotopic (exact) mass is 316 g/mol. The predicted octanol–water partition coefficient (Wildman–Crippen LogP) is 3.92. The van der Waals surface area contributed by atoms with Crippen molar-refractivity contribution < 1.29 is 29.1 Å². The van der Waals surface area contributed by atoms with E-state index in [0.29, 0.717) is 6.42 Å². The molecule has 0 radical (unpaired) electrons. The maximum absolute atomic E-state index is 11.7. The van der Waals surface area contributed by atoms with E-state index in [4.69, 9.17) is 0 Å². The normalized spacial score (nSPS) is 9.96. The van der Waals surface area contributed by atoms with E-state index in [1.165, 1.54) is 0 Å². The number of hydrogen-bond acceptors (Lipinski definition) is 6. The largest absolute Gasteiger partial charge is 0.543 e. The van der Waals surface area contributed by atoms with Gasteiger partial charge in [0.15, 0.2) is 0 Å². The fourth-order valence-corrected chi connectivity index (χ4v) is 1.76. The van der Waals surface area contributed by atoms with Crippen LogP contribution in [0.4, 0.5) is 4.79 Å². The van der Waals surface area contributed by atoms with Gasteiger partial charge in [-0.3, -0.25) is 4.89 Å². The summed E-state index contributed by atoms with van der Waals surface area (Å²) in [6.07, 6.45) is -0.429. The number of carbonyl (C=O) groups is 2. The summed E-state index contributed by atoms with van der Waals surface area (Å²) in [7, 11) is 0. The summed E-state index contributed by atoms with van der Waals surface area (Å²) in [5.41, 5.74) is 2.25. The Morgan fingerprint density at radius 1 is 0.870 bits per heavy atom. The van der Waals surface area contributed by atoms with Crippen LogP contribution in [-0.4, -0.2) is 18.7 Å². The first-order chi connectivity index (χ1) is 11.2. The summed E-state index contributed by atoms with van der Waals surface area (Å²) in [4.78, 5) is 31.2. The van der Waals surface area contributed by atoms with Gasteiger partial charge < -0.3 is 4.74 Å². The lowest BCUT2D eigenvalue weighted by atomic mass is 10.0. The second-order valence-electron chi connectivity index (χ2n) is 4.56. The molecule has 120 valence electrons. The lowest BCUT2D eigenvalue weighted by molar-refractivity contribution is -0.452. The van der Waals surface area contributed by atoms with Gasteiger partial charge in [0.25, 0.3) is 0 Å². The Hall–Kier alpha value is -2.86. The van der Waals surface area contributed by atoms with Crippen molar-refractivity contribution in [3.8, 4) is 11.1 Å². The standard InChI is InChI=1S/C17H16O6/c1-2-12-20-17(19)22-23-21-16(18)15-10-8-14(9-11-15)13-6-4-3-5-7-13/h3-11H,2,12H2,1H3. The molecule has 0 heterocycles. The Kier molecular flexibility index (Phi) is 6.14. The molecule has 0 aliphatic carbocycles. The average Bonchev–Trinajstić information content (AvgIpc) is 2.60. The predicted molar refractivity (Wildman–Crippen MR) is 81.1 cm³/mol. The fraction of sp³-hybridized carbons (Fsp3) is 0.176. The second-order valence-corrected chi connectivity index (χ2v) is 4.56. The van der Waals surface area contributed by atoms with Crippen LogP contribution in [0.3, 0.4) is 0 Å². The van der Waals surface area contributed by atoms with E-state index in [1.54, 1.807) is 24.3 Å². The van der Waals surface area contributed by atoms with Crippen LogP contribution in [0.25, 0.3) is 11.1 Å². The molecule has 6 heteroatoms. The van der Waals surface area contributed by atoms with Gasteiger partial charge in [-0.1, -0.05) is 49.4 Å². The minimum Gasteiger partial charge on any atom is -0.432 e. The molecule has 0 aromatic heterocycles. The van der Waals surface area contributed by atoms with Crippen LogP contribution in [0.2, 0.25) is 0 Å². The number of hydrogen-bond donors (Lipinski definition) is 0. The minimum atomic E-state index is -1.07. The van der Waals surface area contributed by atoms with Crippen LogP contribution in [0.15, 0.2) is 54.6 Å². The Morgan fingerprint density at radius 2 is 1.52 bits per heavy atom. The zero-order valence-corrected chi connectivity index (χ0v) is 12.6. The van der Waals surface area contributed by atoms with Gasteiger partial charge in [-0.25, -0.2) is 14.5 Å². The maximum atomic E-state index is 11.7. The lowest BCUT2D eigenvalue weighted by Gasteiger charge is -2.04. The molecule has 2 aromatic carbocycles. The summed E-state index contributed by atoms with van der Waals surface area (Å²) in [5.74, 6) is -0.784. The third-order valence-electron chi connectivity index (χ3n) is 2.86. The Morgan fingerprint density at radius 3 is 2.17 bits per heavy atom. The second kappa shape index (κ2) is 8.55. The molecule has 0 saturated carbocycles.